The van der Waals surface area contributed by atoms with Crippen molar-refractivity contribution in [2.75, 3.05) is 37.7 Å². The van der Waals surface area contributed by atoms with E-state index in [0.29, 0.717) is 6.04 Å². The zero-order chi connectivity index (χ0) is 16.7. The second-order valence-corrected chi connectivity index (χ2v) is 7.59. The minimum Gasteiger partial charge on any atom is -0.351 e. The third-order valence-corrected chi connectivity index (χ3v) is 4.97. The molecule has 130 valence electrons. The lowest BCUT2D eigenvalue weighted by Gasteiger charge is -2.40. The Labute approximate surface area is 155 Å². The van der Waals surface area contributed by atoms with Crippen LogP contribution < -0.4 is 4.90 Å². The number of halogens is 1. The molecule has 0 saturated carbocycles. The molecule has 1 atom stereocenters. The van der Waals surface area contributed by atoms with Gasteiger partial charge in [-0.25, -0.2) is 4.98 Å². The van der Waals surface area contributed by atoms with Crippen molar-refractivity contribution in [3.63, 3.8) is 0 Å². The van der Waals surface area contributed by atoms with E-state index in [1.807, 2.05) is 29.2 Å². The van der Waals surface area contributed by atoms with Crippen LogP contribution in [0, 0.1) is 5.92 Å². The van der Waals surface area contributed by atoms with Crippen molar-refractivity contribution in [2.24, 2.45) is 5.92 Å². The molecular weight excluding hydrogens is 401 g/mol. The number of pyridine rings is 1. The predicted molar refractivity (Wildman–Crippen MR) is 105 cm³/mol. The van der Waals surface area contributed by atoms with Gasteiger partial charge in [-0.15, -0.1) is 0 Å². The van der Waals surface area contributed by atoms with Gasteiger partial charge in [-0.05, 0) is 50.3 Å². The van der Waals surface area contributed by atoms with Crippen molar-refractivity contribution >= 4 is 28.8 Å². The number of aryl methyl sites for hydroxylation is 1. The lowest BCUT2D eigenvalue weighted by atomic mass is 10.1. The molecule has 1 fully saturated rings. The molecule has 2 heterocycles. The minimum absolute atomic E-state index is 0.529. The van der Waals surface area contributed by atoms with Crippen molar-refractivity contribution in [2.45, 2.75) is 46.1 Å². The smallest absolute Gasteiger partial charge is 0.128 e. The average molecular weight is 431 g/mol. The summed E-state index contributed by atoms with van der Waals surface area (Å²) >= 11 is 1.95. The Balaban J connectivity index is 1.85. The standard InChI is InChI=1S/C18H30IN3O/c1-15(2)8-9-21-10-11-22(16(3)14-21)18-7-6-17(13-20-18)5-4-12-23-19/h6-7,13,15-16H,4-5,8-12,14H2,1-3H3/t16-/m1/s1. The maximum Gasteiger partial charge on any atom is 0.128 e. The largest absolute Gasteiger partial charge is 0.351 e. The highest BCUT2D eigenvalue weighted by atomic mass is 127. The molecule has 5 heteroatoms. The number of hydrogen-bond acceptors (Lipinski definition) is 4. The van der Waals surface area contributed by atoms with Crippen molar-refractivity contribution < 1.29 is 3.07 Å². The maximum absolute atomic E-state index is 5.08. The Morgan fingerprint density at radius 1 is 1.35 bits per heavy atom. The zero-order valence-corrected chi connectivity index (χ0v) is 16.8. The van der Waals surface area contributed by atoms with Crippen LogP contribution >= 0.6 is 23.0 Å². The van der Waals surface area contributed by atoms with E-state index in [9.17, 15) is 0 Å². The molecule has 0 radical (unpaired) electrons. The molecular formula is C18H30IN3O. The van der Waals surface area contributed by atoms with Crippen molar-refractivity contribution in [3.8, 4) is 0 Å². The predicted octanol–water partition coefficient (Wildman–Crippen LogP) is 3.94. The van der Waals surface area contributed by atoms with Gasteiger partial charge in [0.2, 0.25) is 0 Å². The number of anilines is 1. The van der Waals surface area contributed by atoms with Crippen molar-refractivity contribution in [3.05, 3.63) is 23.9 Å². The van der Waals surface area contributed by atoms with Crippen LogP contribution in [0.2, 0.25) is 0 Å². The van der Waals surface area contributed by atoms with E-state index in [-0.39, 0.29) is 0 Å². The average Bonchev–Trinajstić information content (AvgIpc) is 2.54. The molecule has 0 spiro atoms. The summed E-state index contributed by atoms with van der Waals surface area (Å²) in [6.07, 6.45) is 5.41. The van der Waals surface area contributed by atoms with Crippen molar-refractivity contribution in [1.82, 2.24) is 9.88 Å². The van der Waals surface area contributed by atoms with Crippen LogP contribution in [0.25, 0.3) is 0 Å². The molecule has 1 saturated heterocycles. The van der Waals surface area contributed by atoms with Gasteiger partial charge in [-0.1, -0.05) is 19.9 Å². The first-order valence-corrected chi connectivity index (χ1v) is 9.65. The monoisotopic (exact) mass is 431 g/mol. The maximum atomic E-state index is 5.08. The Morgan fingerprint density at radius 2 is 2.17 bits per heavy atom. The second-order valence-electron chi connectivity index (χ2n) is 6.97. The number of piperazine rings is 1. The fraction of sp³-hybridized carbons (Fsp3) is 0.722. The van der Waals surface area contributed by atoms with E-state index < -0.39 is 0 Å². The van der Waals surface area contributed by atoms with Crippen LogP contribution in [0.4, 0.5) is 5.82 Å². The third-order valence-electron chi connectivity index (χ3n) is 4.52. The Bertz CT molecular complexity index is 452. The van der Waals surface area contributed by atoms with Gasteiger partial charge in [0, 0.05) is 31.9 Å². The Hall–Kier alpha value is -0.400. The topological polar surface area (TPSA) is 28.6 Å². The van der Waals surface area contributed by atoms with E-state index in [1.54, 1.807) is 0 Å². The quantitative estimate of drug-likeness (QED) is 0.461. The molecule has 1 aliphatic heterocycles. The number of nitrogens with zero attached hydrogens (tertiary/aromatic N) is 3. The molecule has 2 rings (SSSR count). The summed E-state index contributed by atoms with van der Waals surface area (Å²) in [7, 11) is 0. The van der Waals surface area contributed by atoms with Crippen LogP contribution in [0.3, 0.4) is 0 Å². The Morgan fingerprint density at radius 3 is 2.78 bits per heavy atom. The lowest BCUT2D eigenvalue weighted by Crippen LogP contribution is -2.52. The van der Waals surface area contributed by atoms with E-state index >= 15 is 0 Å². The van der Waals surface area contributed by atoms with Gasteiger partial charge in [-0.2, -0.15) is 0 Å². The van der Waals surface area contributed by atoms with Gasteiger partial charge in [0.25, 0.3) is 0 Å². The summed E-state index contributed by atoms with van der Waals surface area (Å²) in [4.78, 5) is 9.74. The first-order chi connectivity index (χ1) is 11.1. The van der Waals surface area contributed by atoms with Crippen LogP contribution in [0.1, 0.15) is 39.2 Å². The van der Waals surface area contributed by atoms with Gasteiger partial charge >= 0.3 is 0 Å². The number of rotatable bonds is 8. The summed E-state index contributed by atoms with van der Waals surface area (Å²) in [5.74, 6) is 1.91. The molecule has 0 aliphatic carbocycles. The number of aromatic nitrogens is 1. The summed E-state index contributed by atoms with van der Waals surface area (Å²) < 4.78 is 5.08. The van der Waals surface area contributed by atoms with E-state index in [4.69, 9.17) is 8.05 Å². The molecule has 0 unspecified atom stereocenters. The first-order valence-electron chi connectivity index (χ1n) is 8.77. The second kappa shape index (κ2) is 9.79. The van der Waals surface area contributed by atoms with Crippen LogP contribution in [0.15, 0.2) is 18.3 Å². The highest BCUT2D eigenvalue weighted by molar-refractivity contribution is 14.1. The van der Waals surface area contributed by atoms with Crippen molar-refractivity contribution in [1.29, 1.82) is 0 Å². The summed E-state index contributed by atoms with van der Waals surface area (Å²) in [6.45, 7) is 12.3. The fourth-order valence-electron chi connectivity index (χ4n) is 3.08. The van der Waals surface area contributed by atoms with Crippen LogP contribution in [-0.2, 0) is 9.49 Å². The van der Waals surface area contributed by atoms with Crippen LogP contribution in [-0.4, -0.2) is 48.7 Å². The highest BCUT2D eigenvalue weighted by Gasteiger charge is 2.24. The van der Waals surface area contributed by atoms with E-state index in [1.165, 1.54) is 18.5 Å². The van der Waals surface area contributed by atoms with Gasteiger partial charge < -0.3 is 7.97 Å². The first kappa shape index (κ1) is 18.9. The molecule has 23 heavy (non-hydrogen) atoms. The fourth-order valence-corrected chi connectivity index (χ4v) is 3.39. The van der Waals surface area contributed by atoms with E-state index in [2.05, 4.69) is 42.7 Å². The summed E-state index contributed by atoms with van der Waals surface area (Å²) in [6, 6.07) is 4.93. The molecule has 4 nitrogen and oxygen atoms in total. The van der Waals surface area contributed by atoms with Gasteiger partial charge in [0.05, 0.1) is 6.61 Å². The normalized spacial score (nSPS) is 19.5. The molecule has 1 aromatic rings. The van der Waals surface area contributed by atoms with Crippen LogP contribution in [0.5, 0.6) is 0 Å². The van der Waals surface area contributed by atoms with Gasteiger partial charge in [-0.3, -0.25) is 4.90 Å². The zero-order valence-electron chi connectivity index (χ0n) is 14.7. The molecule has 0 aromatic carbocycles. The molecule has 1 aliphatic rings. The summed E-state index contributed by atoms with van der Waals surface area (Å²) in [5.41, 5.74) is 1.30. The van der Waals surface area contributed by atoms with E-state index in [0.717, 1.165) is 50.8 Å². The highest BCUT2D eigenvalue weighted by Crippen LogP contribution is 2.19. The van der Waals surface area contributed by atoms with Gasteiger partial charge in [0.15, 0.2) is 0 Å². The third kappa shape index (κ3) is 6.19. The molecule has 1 aromatic heterocycles. The molecule has 0 bridgehead atoms. The van der Waals surface area contributed by atoms with Gasteiger partial charge in [0.1, 0.15) is 28.8 Å². The number of hydrogen-bond donors (Lipinski definition) is 0. The Kier molecular flexibility index (Phi) is 8.06. The summed E-state index contributed by atoms with van der Waals surface area (Å²) in [5, 5.41) is 0. The SMILES string of the molecule is CC(C)CCN1CCN(c2ccc(CCCOI)cn2)[C@H](C)C1. The lowest BCUT2D eigenvalue weighted by molar-refractivity contribution is 0.217. The molecule has 0 amide bonds. The minimum atomic E-state index is 0.529. The molecule has 0 N–H and O–H groups in total.